The predicted molar refractivity (Wildman–Crippen MR) is 76.1 cm³/mol. The lowest BCUT2D eigenvalue weighted by Crippen LogP contribution is -2.24. The number of ether oxygens (including phenoxy) is 1. The van der Waals surface area contributed by atoms with Crippen LogP contribution in [-0.4, -0.2) is 24.7 Å². The molecule has 0 radical (unpaired) electrons. The fourth-order valence-corrected chi connectivity index (χ4v) is 3.05. The van der Waals surface area contributed by atoms with Crippen LogP contribution in [0.15, 0.2) is 5.38 Å². The second kappa shape index (κ2) is 6.13. The minimum atomic E-state index is 0.227. The fraction of sp³-hybridized carbons (Fsp3) is 0.786. The molecule has 2 N–H and O–H groups in total. The molecule has 4 heteroatoms. The van der Waals surface area contributed by atoms with E-state index >= 15 is 0 Å². The summed E-state index contributed by atoms with van der Waals surface area (Å²) < 4.78 is 5.40. The van der Waals surface area contributed by atoms with Gasteiger partial charge in [0.1, 0.15) is 0 Å². The van der Waals surface area contributed by atoms with E-state index in [0.29, 0.717) is 5.92 Å². The van der Waals surface area contributed by atoms with Gasteiger partial charge in [-0.15, -0.1) is 11.3 Å². The predicted octanol–water partition coefficient (Wildman–Crippen LogP) is 2.95. The Bertz CT molecular complexity index is 370. The van der Waals surface area contributed by atoms with Crippen LogP contribution in [0.4, 0.5) is 0 Å². The fourth-order valence-electron chi connectivity index (χ4n) is 2.17. The zero-order chi connectivity index (χ0) is 13.0. The number of nitrogens with two attached hydrogens (primary N) is 1. The third-order valence-electron chi connectivity index (χ3n) is 3.78. The summed E-state index contributed by atoms with van der Waals surface area (Å²) in [5, 5.41) is 3.50. The number of hydrogen-bond donors (Lipinski definition) is 1. The van der Waals surface area contributed by atoms with E-state index in [2.05, 4.69) is 19.2 Å². The van der Waals surface area contributed by atoms with E-state index in [1.807, 2.05) is 0 Å². The highest BCUT2D eigenvalue weighted by Gasteiger charge is 2.20. The Balaban J connectivity index is 1.89. The first-order chi connectivity index (χ1) is 8.61. The molecule has 0 aliphatic carbocycles. The van der Waals surface area contributed by atoms with Crippen LogP contribution in [0.2, 0.25) is 0 Å². The van der Waals surface area contributed by atoms with E-state index in [1.165, 1.54) is 10.7 Å². The standard InChI is InChI=1S/C14H24N2OS/c1-14(2,10-15)6-3-13-16-12(9-18-13)11-4-7-17-8-5-11/h9,11H,3-8,10,15H2,1-2H3. The molecule has 1 aliphatic rings. The highest BCUT2D eigenvalue weighted by Crippen LogP contribution is 2.29. The second-order valence-corrected chi connectivity index (χ2v) is 6.86. The molecule has 1 aromatic heterocycles. The van der Waals surface area contributed by atoms with E-state index in [1.54, 1.807) is 11.3 Å². The third-order valence-corrected chi connectivity index (χ3v) is 4.70. The summed E-state index contributed by atoms with van der Waals surface area (Å²) in [6.45, 7) is 6.96. The first-order valence-electron chi connectivity index (χ1n) is 6.83. The van der Waals surface area contributed by atoms with Crippen LogP contribution in [0, 0.1) is 5.41 Å². The molecule has 0 atom stereocenters. The van der Waals surface area contributed by atoms with Gasteiger partial charge in [-0.3, -0.25) is 0 Å². The quantitative estimate of drug-likeness (QED) is 0.893. The molecule has 2 rings (SSSR count). The van der Waals surface area contributed by atoms with Gasteiger partial charge >= 0.3 is 0 Å². The van der Waals surface area contributed by atoms with Crippen molar-refractivity contribution in [1.82, 2.24) is 4.98 Å². The summed E-state index contributed by atoms with van der Waals surface area (Å²) in [6.07, 6.45) is 4.41. The smallest absolute Gasteiger partial charge is 0.0928 e. The molecule has 3 nitrogen and oxygen atoms in total. The number of hydrogen-bond acceptors (Lipinski definition) is 4. The average molecular weight is 268 g/mol. The van der Waals surface area contributed by atoms with Crippen molar-refractivity contribution in [3.8, 4) is 0 Å². The Labute approximate surface area is 114 Å². The lowest BCUT2D eigenvalue weighted by atomic mass is 9.88. The van der Waals surface area contributed by atoms with Gasteiger partial charge in [0.15, 0.2) is 0 Å². The molecule has 1 aliphatic heterocycles. The molecule has 0 spiro atoms. The van der Waals surface area contributed by atoms with Gasteiger partial charge in [-0.25, -0.2) is 4.98 Å². The summed E-state index contributed by atoms with van der Waals surface area (Å²) in [5.41, 5.74) is 7.27. The highest BCUT2D eigenvalue weighted by atomic mass is 32.1. The van der Waals surface area contributed by atoms with Crippen molar-refractivity contribution in [2.45, 2.75) is 45.4 Å². The van der Waals surface area contributed by atoms with Crippen molar-refractivity contribution in [3.05, 3.63) is 16.1 Å². The van der Waals surface area contributed by atoms with Crippen LogP contribution in [0.25, 0.3) is 0 Å². The molecule has 0 saturated carbocycles. The van der Waals surface area contributed by atoms with E-state index in [0.717, 1.165) is 45.4 Å². The van der Waals surface area contributed by atoms with Gasteiger partial charge in [0, 0.05) is 24.5 Å². The highest BCUT2D eigenvalue weighted by molar-refractivity contribution is 7.09. The Morgan fingerprint density at radius 1 is 1.44 bits per heavy atom. The summed E-state index contributed by atoms with van der Waals surface area (Å²) in [4.78, 5) is 4.79. The van der Waals surface area contributed by atoms with Crippen molar-refractivity contribution < 1.29 is 4.74 Å². The van der Waals surface area contributed by atoms with Crippen LogP contribution in [-0.2, 0) is 11.2 Å². The van der Waals surface area contributed by atoms with Crippen molar-refractivity contribution in [1.29, 1.82) is 0 Å². The minimum Gasteiger partial charge on any atom is -0.381 e. The summed E-state index contributed by atoms with van der Waals surface area (Å²) >= 11 is 1.80. The van der Waals surface area contributed by atoms with Crippen LogP contribution in [0.3, 0.4) is 0 Å². The zero-order valence-corrected chi connectivity index (χ0v) is 12.3. The number of aromatic nitrogens is 1. The van der Waals surface area contributed by atoms with Crippen molar-refractivity contribution in [2.75, 3.05) is 19.8 Å². The van der Waals surface area contributed by atoms with Crippen molar-refractivity contribution in [3.63, 3.8) is 0 Å². The molecule has 1 fully saturated rings. The van der Waals surface area contributed by atoms with E-state index in [-0.39, 0.29) is 5.41 Å². The Kier molecular flexibility index (Phi) is 4.76. The molecular formula is C14H24N2OS. The second-order valence-electron chi connectivity index (χ2n) is 5.92. The van der Waals surface area contributed by atoms with E-state index in [9.17, 15) is 0 Å². The molecular weight excluding hydrogens is 244 g/mol. The van der Waals surface area contributed by atoms with Gasteiger partial charge < -0.3 is 10.5 Å². The molecule has 0 unspecified atom stereocenters. The number of aryl methyl sites for hydroxylation is 1. The van der Waals surface area contributed by atoms with Crippen LogP contribution in [0.5, 0.6) is 0 Å². The molecule has 0 bridgehead atoms. The van der Waals surface area contributed by atoms with Crippen LogP contribution < -0.4 is 5.73 Å². The minimum absolute atomic E-state index is 0.227. The lowest BCUT2D eigenvalue weighted by Gasteiger charge is -2.21. The Morgan fingerprint density at radius 2 is 2.17 bits per heavy atom. The Hall–Kier alpha value is -0.450. The maximum Gasteiger partial charge on any atom is 0.0928 e. The molecule has 0 amide bonds. The van der Waals surface area contributed by atoms with Crippen LogP contribution >= 0.6 is 11.3 Å². The molecule has 2 heterocycles. The van der Waals surface area contributed by atoms with Gasteiger partial charge in [0.05, 0.1) is 10.7 Å². The van der Waals surface area contributed by atoms with Gasteiger partial charge in [-0.05, 0) is 37.6 Å². The average Bonchev–Trinajstić information content (AvgIpc) is 2.86. The topological polar surface area (TPSA) is 48.1 Å². The van der Waals surface area contributed by atoms with Gasteiger partial charge in [-0.2, -0.15) is 0 Å². The monoisotopic (exact) mass is 268 g/mol. The maximum absolute atomic E-state index is 5.76. The third kappa shape index (κ3) is 3.77. The maximum atomic E-state index is 5.76. The molecule has 18 heavy (non-hydrogen) atoms. The molecule has 1 aromatic rings. The molecule has 0 aromatic carbocycles. The normalized spacial score (nSPS) is 18.2. The molecule has 1 saturated heterocycles. The van der Waals surface area contributed by atoms with E-state index in [4.69, 9.17) is 15.5 Å². The summed E-state index contributed by atoms with van der Waals surface area (Å²) in [6, 6.07) is 0. The van der Waals surface area contributed by atoms with Gasteiger partial charge in [-0.1, -0.05) is 13.8 Å². The SMILES string of the molecule is CC(C)(CN)CCc1nc(C2CCOCC2)cs1. The first-order valence-corrected chi connectivity index (χ1v) is 7.71. The first kappa shape index (κ1) is 14.0. The summed E-state index contributed by atoms with van der Waals surface area (Å²) in [5.74, 6) is 0.617. The van der Waals surface area contributed by atoms with Gasteiger partial charge in [0.2, 0.25) is 0 Å². The van der Waals surface area contributed by atoms with Crippen molar-refractivity contribution in [2.24, 2.45) is 11.1 Å². The van der Waals surface area contributed by atoms with Gasteiger partial charge in [0.25, 0.3) is 0 Å². The van der Waals surface area contributed by atoms with E-state index < -0.39 is 0 Å². The lowest BCUT2D eigenvalue weighted by molar-refractivity contribution is 0.0846. The zero-order valence-electron chi connectivity index (χ0n) is 11.4. The Morgan fingerprint density at radius 3 is 2.83 bits per heavy atom. The number of rotatable bonds is 5. The van der Waals surface area contributed by atoms with Crippen LogP contribution in [0.1, 0.15) is 49.7 Å². The molecule has 102 valence electrons. The van der Waals surface area contributed by atoms with Crippen molar-refractivity contribution >= 4 is 11.3 Å². The number of thiazole rings is 1. The largest absolute Gasteiger partial charge is 0.381 e. The summed E-state index contributed by atoms with van der Waals surface area (Å²) in [7, 11) is 0. The number of nitrogens with zero attached hydrogens (tertiary/aromatic N) is 1.